The Morgan fingerprint density at radius 1 is 1.45 bits per heavy atom. The first-order valence-electron chi connectivity index (χ1n) is 3.29. The molecule has 1 atom stereocenters. The molecule has 0 aromatic heterocycles. The summed E-state index contributed by atoms with van der Waals surface area (Å²) < 4.78 is 0. The van der Waals surface area contributed by atoms with Crippen molar-refractivity contribution in [2.75, 3.05) is 7.05 Å². The minimum absolute atomic E-state index is 0. The molecule has 11 heavy (non-hydrogen) atoms. The molecule has 0 amide bonds. The molecular formula is C7H16ClNO2. The van der Waals surface area contributed by atoms with Crippen molar-refractivity contribution in [3.05, 3.63) is 0 Å². The zero-order valence-electron chi connectivity index (χ0n) is 7.34. The molecule has 0 radical (unpaired) electrons. The Morgan fingerprint density at radius 2 is 1.82 bits per heavy atom. The largest absolute Gasteiger partial charge is 0.480 e. The molecule has 0 rings (SSSR count). The molecule has 0 aliphatic heterocycles. The van der Waals surface area contributed by atoms with Gasteiger partial charge in [-0.15, -0.1) is 12.4 Å². The van der Waals surface area contributed by atoms with Gasteiger partial charge in [0.1, 0.15) is 6.04 Å². The van der Waals surface area contributed by atoms with Crippen LogP contribution in [0, 0.1) is 5.41 Å². The number of halogens is 1. The van der Waals surface area contributed by atoms with E-state index in [2.05, 4.69) is 5.32 Å². The van der Waals surface area contributed by atoms with E-state index in [4.69, 9.17) is 5.11 Å². The topological polar surface area (TPSA) is 49.3 Å². The average molecular weight is 182 g/mol. The van der Waals surface area contributed by atoms with Gasteiger partial charge in [-0.1, -0.05) is 20.8 Å². The van der Waals surface area contributed by atoms with E-state index in [9.17, 15) is 4.79 Å². The van der Waals surface area contributed by atoms with Crippen LogP contribution < -0.4 is 5.32 Å². The van der Waals surface area contributed by atoms with Gasteiger partial charge in [-0.3, -0.25) is 4.79 Å². The molecule has 0 saturated carbocycles. The van der Waals surface area contributed by atoms with Gasteiger partial charge in [0.2, 0.25) is 0 Å². The molecule has 1 unspecified atom stereocenters. The van der Waals surface area contributed by atoms with Crippen LogP contribution in [0.5, 0.6) is 0 Å². The third-order valence-corrected chi connectivity index (χ3v) is 1.40. The van der Waals surface area contributed by atoms with Gasteiger partial charge in [0.15, 0.2) is 0 Å². The molecule has 0 aromatic rings. The van der Waals surface area contributed by atoms with Crippen LogP contribution in [0.1, 0.15) is 20.8 Å². The molecule has 3 nitrogen and oxygen atoms in total. The van der Waals surface area contributed by atoms with Gasteiger partial charge in [-0.25, -0.2) is 0 Å². The summed E-state index contributed by atoms with van der Waals surface area (Å²) in [5.74, 6) is -0.796. The first-order valence-corrected chi connectivity index (χ1v) is 3.29. The van der Waals surface area contributed by atoms with Gasteiger partial charge >= 0.3 is 5.97 Å². The van der Waals surface area contributed by atoms with Crippen LogP contribution in [0.4, 0.5) is 0 Å². The van der Waals surface area contributed by atoms with Crippen molar-refractivity contribution in [3.63, 3.8) is 0 Å². The minimum atomic E-state index is -0.796. The highest BCUT2D eigenvalue weighted by molar-refractivity contribution is 5.85. The van der Waals surface area contributed by atoms with Gasteiger partial charge in [0.05, 0.1) is 0 Å². The lowest BCUT2D eigenvalue weighted by Gasteiger charge is -2.26. The normalized spacial score (nSPS) is 13.5. The molecular weight excluding hydrogens is 166 g/mol. The number of likely N-dealkylation sites (N-methyl/N-ethyl adjacent to an activating group) is 1. The molecule has 0 aliphatic carbocycles. The third kappa shape index (κ3) is 4.22. The van der Waals surface area contributed by atoms with Crippen LogP contribution in [0.3, 0.4) is 0 Å². The number of carboxylic acids is 1. The zero-order chi connectivity index (χ0) is 8.36. The quantitative estimate of drug-likeness (QED) is 0.672. The summed E-state index contributed by atoms with van der Waals surface area (Å²) in [4.78, 5) is 10.5. The standard InChI is InChI=1S/C7H15NO2.ClH/c1-7(2,3)5(8-4)6(9)10;/h5,8H,1-4H3,(H,9,10);1H. The van der Waals surface area contributed by atoms with Crippen molar-refractivity contribution in [1.29, 1.82) is 0 Å². The minimum Gasteiger partial charge on any atom is -0.480 e. The Labute approximate surface area is 73.6 Å². The van der Waals surface area contributed by atoms with E-state index in [1.807, 2.05) is 20.8 Å². The van der Waals surface area contributed by atoms with Gasteiger partial charge in [0, 0.05) is 0 Å². The Morgan fingerprint density at radius 3 is 1.82 bits per heavy atom. The Balaban J connectivity index is 0. The molecule has 68 valence electrons. The lowest BCUT2D eigenvalue weighted by molar-refractivity contribution is -0.142. The maximum Gasteiger partial charge on any atom is 0.321 e. The van der Waals surface area contributed by atoms with E-state index in [1.54, 1.807) is 7.05 Å². The fourth-order valence-corrected chi connectivity index (χ4v) is 0.927. The second-order valence-corrected chi connectivity index (χ2v) is 3.43. The first-order chi connectivity index (χ1) is 4.39. The van der Waals surface area contributed by atoms with Gasteiger partial charge in [0.25, 0.3) is 0 Å². The fourth-order valence-electron chi connectivity index (χ4n) is 0.927. The average Bonchev–Trinajstić information content (AvgIpc) is 1.60. The number of rotatable bonds is 2. The predicted octanol–water partition coefficient (Wildman–Crippen LogP) is 1.13. The molecule has 0 spiro atoms. The lowest BCUT2D eigenvalue weighted by Crippen LogP contribution is -2.44. The Hall–Kier alpha value is -0.280. The summed E-state index contributed by atoms with van der Waals surface area (Å²) >= 11 is 0. The fraction of sp³-hybridized carbons (Fsp3) is 0.857. The monoisotopic (exact) mass is 181 g/mol. The molecule has 0 aliphatic rings. The highest BCUT2D eigenvalue weighted by atomic mass is 35.5. The first kappa shape index (κ1) is 13.3. The van der Waals surface area contributed by atoms with E-state index in [-0.39, 0.29) is 17.8 Å². The molecule has 2 N–H and O–H groups in total. The van der Waals surface area contributed by atoms with Crippen molar-refractivity contribution in [2.45, 2.75) is 26.8 Å². The number of carbonyl (C=O) groups is 1. The van der Waals surface area contributed by atoms with Crippen molar-refractivity contribution < 1.29 is 9.90 Å². The van der Waals surface area contributed by atoms with E-state index < -0.39 is 12.0 Å². The number of hydrogen-bond donors (Lipinski definition) is 2. The van der Waals surface area contributed by atoms with Crippen LogP contribution in [0.25, 0.3) is 0 Å². The SMILES string of the molecule is CNC(C(=O)O)C(C)(C)C.Cl. The number of carboxylic acid groups (broad SMARTS) is 1. The van der Waals surface area contributed by atoms with Crippen LogP contribution in [0.2, 0.25) is 0 Å². The maximum atomic E-state index is 10.5. The number of nitrogens with one attached hydrogen (secondary N) is 1. The molecule has 4 heteroatoms. The van der Waals surface area contributed by atoms with Gasteiger partial charge < -0.3 is 10.4 Å². The van der Waals surface area contributed by atoms with Crippen LogP contribution in [0.15, 0.2) is 0 Å². The number of hydrogen-bond acceptors (Lipinski definition) is 2. The highest BCUT2D eigenvalue weighted by Gasteiger charge is 2.28. The van der Waals surface area contributed by atoms with Crippen LogP contribution >= 0.6 is 12.4 Å². The summed E-state index contributed by atoms with van der Waals surface area (Å²) in [6, 6.07) is -0.465. The van der Waals surface area contributed by atoms with E-state index in [0.717, 1.165) is 0 Å². The summed E-state index contributed by atoms with van der Waals surface area (Å²) in [7, 11) is 1.66. The molecule has 0 heterocycles. The molecule has 0 fully saturated rings. The van der Waals surface area contributed by atoms with Gasteiger partial charge in [-0.2, -0.15) is 0 Å². The summed E-state index contributed by atoms with van der Waals surface area (Å²) in [5, 5.41) is 11.4. The van der Waals surface area contributed by atoms with Crippen molar-refractivity contribution in [3.8, 4) is 0 Å². The van der Waals surface area contributed by atoms with Crippen molar-refractivity contribution >= 4 is 18.4 Å². The van der Waals surface area contributed by atoms with E-state index in [0.29, 0.717) is 0 Å². The Kier molecular flexibility index (Phi) is 5.53. The number of aliphatic carboxylic acids is 1. The molecule has 0 aromatic carbocycles. The van der Waals surface area contributed by atoms with Crippen LogP contribution in [-0.2, 0) is 4.79 Å². The molecule has 0 saturated heterocycles. The smallest absolute Gasteiger partial charge is 0.321 e. The third-order valence-electron chi connectivity index (χ3n) is 1.40. The molecule has 0 bridgehead atoms. The maximum absolute atomic E-state index is 10.5. The van der Waals surface area contributed by atoms with E-state index in [1.165, 1.54) is 0 Å². The summed E-state index contributed by atoms with van der Waals surface area (Å²) in [6.07, 6.45) is 0. The Bertz CT molecular complexity index is 131. The van der Waals surface area contributed by atoms with Crippen molar-refractivity contribution in [2.24, 2.45) is 5.41 Å². The summed E-state index contributed by atoms with van der Waals surface area (Å²) in [6.45, 7) is 5.67. The van der Waals surface area contributed by atoms with Gasteiger partial charge in [-0.05, 0) is 12.5 Å². The second-order valence-electron chi connectivity index (χ2n) is 3.43. The predicted molar refractivity (Wildman–Crippen MR) is 47.2 cm³/mol. The lowest BCUT2D eigenvalue weighted by atomic mass is 9.87. The second kappa shape index (κ2) is 4.57. The van der Waals surface area contributed by atoms with Crippen molar-refractivity contribution in [1.82, 2.24) is 5.32 Å². The zero-order valence-corrected chi connectivity index (χ0v) is 8.16. The van der Waals surface area contributed by atoms with E-state index >= 15 is 0 Å². The summed E-state index contributed by atoms with van der Waals surface area (Å²) in [5.41, 5.74) is -0.222. The highest BCUT2D eigenvalue weighted by Crippen LogP contribution is 2.18. The van der Waals surface area contributed by atoms with Crippen LogP contribution in [-0.4, -0.2) is 24.2 Å².